The zero-order chi connectivity index (χ0) is 14.3. The van der Waals surface area contributed by atoms with Gasteiger partial charge in [0, 0.05) is 12.3 Å². The summed E-state index contributed by atoms with van der Waals surface area (Å²) < 4.78 is 0. The first-order valence-corrected chi connectivity index (χ1v) is 8.25. The maximum absolute atomic E-state index is 12.2. The number of Topliss-reactive ketones (excluding diaryl/α,β-unsaturated/α-hetero) is 1. The van der Waals surface area contributed by atoms with Gasteiger partial charge in [-0.15, -0.1) is 0 Å². The van der Waals surface area contributed by atoms with Crippen molar-refractivity contribution in [3.63, 3.8) is 0 Å². The molecule has 0 atom stereocenters. The maximum Gasteiger partial charge on any atom is 0.220 e. The topological polar surface area (TPSA) is 46.2 Å². The van der Waals surface area contributed by atoms with Crippen LogP contribution in [0, 0.1) is 29.1 Å². The van der Waals surface area contributed by atoms with Gasteiger partial charge < -0.3 is 5.32 Å². The Morgan fingerprint density at radius 3 is 2.00 bits per heavy atom. The standard InChI is InChI=1S/C17H27NO2/c1-11(2)15(19)10-18-16(20)9-17-6-12-3-13(7-17)5-14(4-12)8-17/h11-14H,3-10H2,1-2H3,(H,18,20). The lowest BCUT2D eigenvalue weighted by Gasteiger charge is -2.56. The zero-order valence-corrected chi connectivity index (χ0v) is 12.8. The molecule has 0 aromatic carbocycles. The number of rotatable bonds is 5. The highest BCUT2D eigenvalue weighted by molar-refractivity contribution is 5.87. The lowest BCUT2D eigenvalue weighted by atomic mass is 9.49. The molecule has 1 amide bonds. The highest BCUT2D eigenvalue weighted by atomic mass is 16.2. The molecule has 4 aliphatic rings. The molecule has 4 saturated carbocycles. The first-order valence-electron chi connectivity index (χ1n) is 8.25. The van der Waals surface area contributed by atoms with Gasteiger partial charge in [-0.25, -0.2) is 0 Å². The van der Waals surface area contributed by atoms with Crippen molar-refractivity contribution in [2.24, 2.45) is 29.1 Å². The lowest BCUT2D eigenvalue weighted by molar-refractivity contribution is -0.132. The molecule has 0 aromatic heterocycles. The van der Waals surface area contributed by atoms with Gasteiger partial charge in [-0.3, -0.25) is 9.59 Å². The Balaban J connectivity index is 1.55. The van der Waals surface area contributed by atoms with E-state index in [-0.39, 0.29) is 29.6 Å². The summed E-state index contributed by atoms with van der Waals surface area (Å²) in [6, 6.07) is 0. The fourth-order valence-electron chi connectivity index (χ4n) is 5.30. The van der Waals surface area contributed by atoms with Crippen LogP contribution in [0.2, 0.25) is 0 Å². The van der Waals surface area contributed by atoms with Gasteiger partial charge in [0.05, 0.1) is 6.54 Å². The van der Waals surface area contributed by atoms with Gasteiger partial charge >= 0.3 is 0 Å². The molecule has 3 heteroatoms. The van der Waals surface area contributed by atoms with Crippen molar-refractivity contribution in [3.8, 4) is 0 Å². The summed E-state index contributed by atoms with van der Waals surface area (Å²) in [5.74, 6) is 2.88. The molecule has 4 rings (SSSR count). The molecule has 0 spiro atoms. The van der Waals surface area contributed by atoms with Crippen molar-refractivity contribution in [3.05, 3.63) is 0 Å². The number of ketones is 1. The Labute approximate surface area is 121 Å². The normalized spacial score (nSPS) is 38.2. The summed E-state index contributed by atoms with van der Waals surface area (Å²) >= 11 is 0. The second-order valence-corrected chi connectivity index (χ2v) is 7.99. The molecular weight excluding hydrogens is 250 g/mol. The highest BCUT2D eigenvalue weighted by Gasteiger charge is 2.51. The van der Waals surface area contributed by atoms with E-state index in [2.05, 4.69) is 5.32 Å². The van der Waals surface area contributed by atoms with Crippen LogP contribution in [-0.2, 0) is 9.59 Å². The second kappa shape index (κ2) is 5.16. The fourth-order valence-corrected chi connectivity index (χ4v) is 5.30. The predicted octanol–water partition coefficient (Wildman–Crippen LogP) is 2.93. The van der Waals surface area contributed by atoms with Gasteiger partial charge in [0.2, 0.25) is 5.91 Å². The van der Waals surface area contributed by atoms with Gasteiger partial charge in [-0.1, -0.05) is 13.8 Å². The van der Waals surface area contributed by atoms with E-state index in [1.54, 1.807) is 0 Å². The third-order valence-electron chi connectivity index (χ3n) is 5.80. The van der Waals surface area contributed by atoms with Crippen LogP contribution in [0.1, 0.15) is 58.8 Å². The van der Waals surface area contributed by atoms with E-state index in [4.69, 9.17) is 0 Å². The monoisotopic (exact) mass is 277 g/mol. The van der Waals surface area contributed by atoms with Gasteiger partial charge in [0.15, 0.2) is 5.78 Å². The van der Waals surface area contributed by atoms with Crippen molar-refractivity contribution in [1.82, 2.24) is 5.32 Å². The largest absolute Gasteiger partial charge is 0.349 e. The quantitative estimate of drug-likeness (QED) is 0.840. The minimum Gasteiger partial charge on any atom is -0.349 e. The van der Waals surface area contributed by atoms with E-state index in [0.717, 1.165) is 17.8 Å². The molecule has 0 aliphatic heterocycles. The van der Waals surface area contributed by atoms with Crippen LogP contribution >= 0.6 is 0 Å². The predicted molar refractivity (Wildman–Crippen MR) is 78.1 cm³/mol. The van der Waals surface area contributed by atoms with Crippen LogP contribution in [0.4, 0.5) is 0 Å². The van der Waals surface area contributed by atoms with Crippen molar-refractivity contribution in [2.75, 3.05) is 6.54 Å². The molecule has 4 aliphatic carbocycles. The van der Waals surface area contributed by atoms with Crippen LogP contribution in [-0.4, -0.2) is 18.2 Å². The second-order valence-electron chi connectivity index (χ2n) is 7.99. The van der Waals surface area contributed by atoms with Crippen LogP contribution in [0.5, 0.6) is 0 Å². The molecule has 20 heavy (non-hydrogen) atoms. The number of carbonyl (C=O) groups is 2. The zero-order valence-electron chi connectivity index (χ0n) is 12.8. The smallest absolute Gasteiger partial charge is 0.220 e. The van der Waals surface area contributed by atoms with Crippen LogP contribution < -0.4 is 5.32 Å². The molecule has 1 N–H and O–H groups in total. The summed E-state index contributed by atoms with van der Waals surface area (Å²) in [7, 11) is 0. The Bertz CT molecular complexity index is 378. The average molecular weight is 277 g/mol. The third-order valence-corrected chi connectivity index (χ3v) is 5.80. The van der Waals surface area contributed by atoms with E-state index in [9.17, 15) is 9.59 Å². The number of hydrogen-bond acceptors (Lipinski definition) is 2. The summed E-state index contributed by atoms with van der Waals surface area (Å²) in [6.45, 7) is 3.98. The maximum atomic E-state index is 12.2. The Morgan fingerprint density at radius 2 is 1.55 bits per heavy atom. The summed E-state index contributed by atoms with van der Waals surface area (Å²) in [6.07, 6.45) is 8.65. The van der Waals surface area contributed by atoms with Crippen molar-refractivity contribution in [1.29, 1.82) is 0 Å². The van der Waals surface area contributed by atoms with Gasteiger partial charge in [-0.2, -0.15) is 0 Å². The lowest BCUT2D eigenvalue weighted by Crippen LogP contribution is -2.48. The molecule has 0 unspecified atom stereocenters. The van der Waals surface area contributed by atoms with E-state index in [1.807, 2.05) is 13.8 Å². The molecule has 0 radical (unpaired) electrons. The molecule has 0 saturated heterocycles. The SMILES string of the molecule is CC(C)C(=O)CNC(=O)CC12CC3CC(CC(C3)C1)C2. The molecule has 4 fully saturated rings. The summed E-state index contributed by atoms with van der Waals surface area (Å²) in [5, 5.41) is 2.85. The molecule has 112 valence electrons. The Kier molecular flexibility index (Phi) is 3.64. The number of nitrogens with one attached hydrogen (secondary N) is 1. The number of amides is 1. The number of carbonyl (C=O) groups excluding carboxylic acids is 2. The van der Waals surface area contributed by atoms with Crippen LogP contribution in [0.25, 0.3) is 0 Å². The molecule has 0 aromatic rings. The van der Waals surface area contributed by atoms with E-state index >= 15 is 0 Å². The molecule has 3 nitrogen and oxygen atoms in total. The van der Waals surface area contributed by atoms with E-state index in [0.29, 0.717) is 6.42 Å². The van der Waals surface area contributed by atoms with Crippen molar-refractivity contribution < 1.29 is 9.59 Å². The molecule has 0 heterocycles. The van der Waals surface area contributed by atoms with Crippen LogP contribution in [0.15, 0.2) is 0 Å². The average Bonchev–Trinajstić information content (AvgIpc) is 2.33. The van der Waals surface area contributed by atoms with Gasteiger partial charge in [0.1, 0.15) is 0 Å². The fraction of sp³-hybridized carbons (Fsp3) is 0.882. The first-order chi connectivity index (χ1) is 9.46. The summed E-state index contributed by atoms with van der Waals surface area (Å²) in [4.78, 5) is 23.8. The van der Waals surface area contributed by atoms with Crippen molar-refractivity contribution >= 4 is 11.7 Å². The Hall–Kier alpha value is -0.860. The molecule has 4 bridgehead atoms. The van der Waals surface area contributed by atoms with E-state index < -0.39 is 0 Å². The van der Waals surface area contributed by atoms with Crippen molar-refractivity contribution in [2.45, 2.75) is 58.8 Å². The highest BCUT2D eigenvalue weighted by Crippen LogP contribution is 2.61. The van der Waals surface area contributed by atoms with Gasteiger partial charge in [0.25, 0.3) is 0 Å². The minimum atomic E-state index is 0.00912. The first kappa shape index (κ1) is 14.1. The number of hydrogen-bond donors (Lipinski definition) is 1. The van der Waals surface area contributed by atoms with Gasteiger partial charge in [-0.05, 0) is 61.7 Å². The van der Waals surface area contributed by atoms with E-state index in [1.165, 1.54) is 38.5 Å². The minimum absolute atomic E-state index is 0.00912. The molecular formula is C17H27NO2. The Morgan fingerprint density at radius 1 is 1.05 bits per heavy atom. The third kappa shape index (κ3) is 2.77. The van der Waals surface area contributed by atoms with Crippen LogP contribution in [0.3, 0.4) is 0 Å². The summed E-state index contributed by atoms with van der Waals surface area (Å²) in [5.41, 5.74) is 0.277.